The molecule has 28 heavy (non-hydrogen) atoms. The van der Waals surface area contributed by atoms with E-state index in [0.29, 0.717) is 25.6 Å². The van der Waals surface area contributed by atoms with Gasteiger partial charge in [0, 0.05) is 23.0 Å². The van der Waals surface area contributed by atoms with Crippen molar-refractivity contribution < 1.29 is 19.2 Å². The van der Waals surface area contributed by atoms with Crippen LogP contribution in [-0.2, 0) is 27.3 Å². The van der Waals surface area contributed by atoms with Gasteiger partial charge in [0.15, 0.2) is 6.54 Å². The number of rotatable bonds is 4. The Morgan fingerprint density at radius 2 is 2.11 bits per heavy atom. The second-order valence-corrected chi connectivity index (χ2v) is 8.08. The number of ether oxygens (including phenoxy) is 1. The molecule has 1 unspecified atom stereocenters. The Labute approximate surface area is 165 Å². The zero-order valence-corrected chi connectivity index (χ0v) is 16.8. The van der Waals surface area contributed by atoms with Crippen LogP contribution in [0, 0.1) is 0 Å². The number of nitrogens with zero attached hydrogens (tertiary/aromatic N) is 1. The summed E-state index contributed by atoms with van der Waals surface area (Å²) in [6, 6.07) is 8.11. The molecule has 1 saturated heterocycles. The van der Waals surface area contributed by atoms with Gasteiger partial charge < -0.3 is 19.5 Å². The fourth-order valence-electron chi connectivity index (χ4n) is 4.99. The molecule has 4 rings (SSSR count). The van der Waals surface area contributed by atoms with Gasteiger partial charge in [-0.2, -0.15) is 0 Å². The van der Waals surface area contributed by atoms with E-state index < -0.39 is 6.04 Å². The molecule has 1 fully saturated rings. The van der Waals surface area contributed by atoms with Gasteiger partial charge in [0.05, 0.1) is 26.2 Å². The van der Waals surface area contributed by atoms with Crippen LogP contribution in [0.3, 0.4) is 0 Å². The van der Waals surface area contributed by atoms with Crippen molar-refractivity contribution in [1.82, 2.24) is 9.88 Å². The number of piperidine rings is 1. The SMILES string of the molecule is CC[C@H]1CCCC[NH+]1CC(=O)N1Cc2[nH]c3ccccc3c2C[C@H]1C(=O)OC. The minimum absolute atomic E-state index is 0.0510. The van der Waals surface area contributed by atoms with Crippen molar-refractivity contribution in [2.24, 2.45) is 0 Å². The quantitative estimate of drug-likeness (QED) is 0.784. The number of esters is 1. The predicted molar refractivity (Wildman–Crippen MR) is 107 cm³/mol. The van der Waals surface area contributed by atoms with Gasteiger partial charge in [-0.1, -0.05) is 25.1 Å². The van der Waals surface area contributed by atoms with Gasteiger partial charge in [-0.3, -0.25) is 4.79 Å². The summed E-state index contributed by atoms with van der Waals surface area (Å²) in [6.45, 7) is 4.14. The third-order valence-electron chi connectivity index (χ3n) is 6.55. The van der Waals surface area contributed by atoms with Gasteiger partial charge in [-0.25, -0.2) is 4.79 Å². The zero-order valence-electron chi connectivity index (χ0n) is 16.8. The molecule has 2 aliphatic rings. The van der Waals surface area contributed by atoms with E-state index in [-0.39, 0.29) is 11.9 Å². The number of amides is 1. The normalized spacial score (nSPS) is 24.8. The van der Waals surface area contributed by atoms with Crippen LogP contribution < -0.4 is 4.90 Å². The first-order valence-corrected chi connectivity index (χ1v) is 10.4. The number of methoxy groups -OCH3 is 1. The molecule has 1 aromatic carbocycles. The number of carbonyl (C=O) groups is 2. The third-order valence-corrected chi connectivity index (χ3v) is 6.55. The van der Waals surface area contributed by atoms with E-state index >= 15 is 0 Å². The lowest BCUT2D eigenvalue weighted by Gasteiger charge is -2.37. The van der Waals surface area contributed by atoms with Crippen molar-refractivity contribution in [1.29, 1.82) is 0 Å². The maximum Gasteiger partial charge on any atom is 0.328 e. The Morgan fingerprint density at radius 1 is 1.29 bits per heavy atom. The Hall–Kier alpha value is -2.34. The molecule has 1 amide bonds. The van der Waals surface area contributed by atoms with Gasteiger partial charge in [0.2, 0.25) is 0 Å². The number of carbonyl (C=O) groups excluding carboxylic acids is 2. The number of nitrogens with one attached hydrogen (secondary N) is 2. The Kier molecular flexibility index (Phi) is 5.40. The van der Waals surface area contributed by atoms with E-state index in [1.54, 1.807) is 4.90 Å². The summed E-state index contributed by atoms with van der Waals surface area (Å²) in [7, 11) is 1.40. The van der Waals surface area contributed by atoms with Gasteiger partial charge in [-0.05, 0) is 37.3 Å². The summed E-state index contributed by atoms with van der Waals surface area (Å²) >= 11 is 0. The molecule has 0 radical (unpaired) electrons. The number of hydrogen-bond donors (Lipinski definition) is 2. The average Bonchev–Trinajstić information content (AvgIpc) is 3.10. The Balaban J connectivity index is 1.60. The number of H-pyrrole nitrogens is 1. The number of hydrogen-bond acceptors (Lipinski definition) is 3. The lowest BCUT2D eigenvalue weighted by molar-refractivity contribution is -0.923. The van der Waals surface area contributed by atoms with Gasteiger partial charge in [-0.15, -0.1) is 0 Å². The number of likely N-dealkylation sites (tertiary alicyclic amines) is 1. The maximum atomic E-state index is 13.3. The molecule has 3 heterocycles. The highest BCUT2D eigenvalue weighted by molar-refractivity contribution is 5.90. The highest BCUT2D eigenvalue weighted by Crippen LogP contribution is 2.30. The molecular weight excluding hydrogens is 354 g/mol. The average molecular weight is 385 g/mol. The van der Waals surface area contributed by atoms with Crippen LogP contribution in [0.15, 0.2) is 24.3 Å². The van der Waals surface area contributed by atoms with Crippen molar-refractivity contribution in [3.63, 3.8) is 0 Å². The first kappa shape index (κ1) is 19.0. The second kappa shape index (κ2) is 7.95. The molecule has 3 atom stereocenters. The molecule has 0 aliphatic carbocycles. The molecule has 6 nitrogen and oxygen atoms in total. The van der Waals surface area contributed by atoms with Gasteiger partial charge in [0.25, 0.3) is 5.91 Å². The summed E-state index contributed by atoms with van der Waals surface area (Å²) < 4.78 is 5.06. The second-order valence-electron chi connectivity index (χ2n) is 8.08. The molecule has 0 bridgehead atoms. The largest absolute Gasteiger partial charge is 0.467 e. The fourth-order valence-corrected chi connectivity index (χ4v) is 4.99. The third kappa shape index (κ3) is 3.41. The zero-order chi connectivity index (χ0) is 19.7. The van der Waals surface area contributed by atoms with Crippen molar-refractivity contribution in [2.75, 3.05) is 20.2 Å². The first-order chi connectivity index (χ1) is 13.6. The number of aromatic amines is 1. The van der Waals surface area contributed by atoms with E-state index in [1.807, 2.05) is 18.2 Å². The minimum atomic E-state index is -0.548. The van der Waals surface area contributed by atoms with Crippen LogP contribution in [0.2, 0.25) is 0 Å². The molecule has 2 aliphatic heterocycles. The summed E-state index contributed by atoms with van der Waals surface area (Å²) in [6.07, 6.45) is 5.21. The Bertz CT molecular complexity index is 875. The van der Waals surface area contributed by atoms with E-state index in [1.165, 1.54) is 31.3 Å². The van der Waals surface area contributed by atoms with Crippen LogP contribution >= 0.6 is 0 Å². The molecule has 150 valence electrons. The topological polar surface area (TPSA) is 66.8 Å². The molecule has 2 aromatic rings. The molecule has 1 aromatic heterocycles. The summed E-state index contributed by atoms with van der Waals surface area (Å²) in [5.74, 6) is -0.278. The minimum Gasteiger partial charge on any atom is -0.467 e. The Morgan fingerprint density at radius 3 is 2.89 bits per heavy atom. The fraction of sp³-hybridized carbons (Fsp3) is 0.545. The van der Waals surface area contributed by atoms with Crippen molar-refractivity contribution in [3.05, 3.63) is 35.5 Å². The van der Waals surface area contributed by atoms with Crippen LogP contribution in [0.25, 0.3) is 10.9 Å². The molecule has 0 saturated carbocycles. The summed E-state index contributed by atoms with van der Waals surface area (Å²) in [4.78, 5) is 32.3. The van der Waals surface area contributed by atoms with Crippen LogP contribution in [-0.4, -0.2) is 54.0 Å². The monoisotopic (exact) mass is 384 g/mol. The van der Waals surface area contributed by atoms with E-state index in [9.17, 15) is 9.59 Å². The molecule has 6 heteroatoms. The highest BCUT2D eigenvalue weighted by atomic mass is 16.5. The number of aromatic nitrogens is 1. The first-order valence-electron chi connectivity index (χ1n) is 10.4. The van der Waals surface area contributed by atoms with E-state index in [2.05, 4.69) is 18.0 Å². The summed E-state index contributed by atoms with van der Waals surface area (Å²) in [5.41, 5.74) is 3.22. The molecule has 0 spiro atoms. The lowest BCUT2D eigenvalue weighted by Crippen LogP contribution is -3.17. The number of benzene rings is 1. The molecule has 2 N–H and O–H groups in total. The van der Waals surface area contributed by atoms with Crippen LogP contribution in [0.1, 0.15) is 43.9 Å². The van der Waals surface area contributed by atoms with Crippen molar-refractivity contribution in [2.45, 2.75) is 57.7 Å². The van der Waals surface area contributed by atoms with E-state index in [0.717, 1.165) is 35.1 Å². The number of quaternary nitrogens is 1. The maximum absolute atomic E-state index is 13.3. The van der Waals surface area contributed by atoms with Crippen molar-refractivity contribution >= 4 is 22.8 Å². The van der Waals surface area contributed by atoms with Crippen molar-refractivity contribution in [3.8, 4) is 0 Å². The van der Waals surface area contributed by atoms with E-state index in [4.69, 9.17) is 4.74 Å². The summed E-state index contributed by atoms with van der Waals surface area (Å²) in [5, 5.41) is 1.13. The molecular formula is C22H30N3O3+. The highest BCUT2D eigenvalue weighted by Gasteiger charge is 2.39. The van der Waals surface area contributed by atoms with Crippen LogP contribution in [0.5, 0.6) is 0 Å². The van der Waals surface area contributed by atoms with Gasteiger partial charge in [0.1, 0.15) is 6.04 Å². The van der Waals surface area contributed by atoms with Crippen LogP contribution in [0.4, 0.5) is 0 Å². The predicted octanol–water partition coefficient (Wildman–Crippen LogP) is 1.44. The lowest BCUT2D eigenvalue weighted by atomic mass is 9.96. The number of fused-ring (bicyclic) bond motifs is 3. The van der Waals surface area contributed by atoms with Gasteiger partial charge >= 0.3 is 5.97 Å². The standard InChI is InChI=1S/C22H29N3O3/c1-3-15-8-6-7-11-24(15)14-21(26)25-13-19-17(12-20(25)22(27)28-2)16-9-4-5-10-18(16)23-19/h4-5,9-10,15,20,23H,3,6-8,11-14H2,1-2H3/p+1/t15-,20-/m0/s1. The number of para-hydroxylation sites is 1. The smallest absolute Gasteiger partial charge is 0.328 e.